The number of hydrogen-bond donors (Lipinski definition) is 2. The van der Waals surface area contributed by atoms with Gasteiger partial charge in [0.1, 0.15) is 5.75 Å². The van der Waals surface area contributed by atoms with E-state index in [1.54, 1.807) is 48.5 Å². The van der Waals surface area contributed by atoms with Crippen LogP contribution in [0.15, 0.2) is 53.6 Å². The molecule has 2 aromatic rings. The van der Waals surface area contributed by atoms with Crippen LogP contribution in [0.4, 0.5) is 5.69 Å². The van der Waals surface area contributed by atoms with Gasteiger partial charge in [0.05, 0.1) is 11.8 Å². The smallest absolute Gasteiger partial charge is 0.275 e. The number of carbonyl (C=O) groups excluding carboxylic acids is 1. The van der Waals surface area contributed by atoms with Crippen molar-refractivity contribution in [3.8, 4) is 5.75 Å². The molecule has 0 radical (unpaired) electrons. The van der Waals surface area contributed by atoms with Gasteiger partial charge in [0, 0.05) is 18.3 Å². The Morgan fingerprint density at radius 1 is 1.20 bits per heavy atom. The van der Waals surface area contributed by atoms with Crippen LogP contribution in [0.5, 0.6) is 5.75 Å². The maximum absolute atomic E-state index is 12.1. The summed E-state index contributed by atoms with van der Waals surface area (Å²) in [5, 5.41) is 14.8. The molecule has 3 N–H and O–H groups in total. The van der Waals surface area contributed by atoms with Crippen molar-refractivity contribution in [1.82, 2.24) is 5.01 Å². The Morgan fingerprint density at radius 2 is 1.85 bits per heavy atom. The number of para-hydroxylation sites is 2. The predicted octanol–water partition coefficient (Wildman–Crippen LogP) is 2.08. The number of phenolic OH excluding ortho intramolecular Hbond substituents is 1. The highest BCUT2D eigenvalue weighted by molar-refractivity contribution is 5.99. The van der Waals surface area contributed by atoms with E-state index in [1.165, 1.54) is 18.3 Å². The average Bonchev–Trinajstić information content (AvgIpc) is 2.46. The number of benzene rings is 2. The summed E-state index contributed by atoms with van der Waals surface area (Å²) in [5.41, 5.74) is 7.08. The molecule has 2 rings (SSSR count). The highest BCUT2D eigenvalue weighted by Crippen LogP contribution is 2.15. The van der Waals surface area contributed by atoms with E-state index in [0.717, 1.165) is 0 Å². The summed E-state index contributed by atoms with van der Waals surface area (Å²) in [6.45, 7) is 0. The van der Waals surface area contributed by atoms with E-state index in [-0.39, 0.29) is 11.7 Å². The number of anilines is 1. The van der Waals surface area contributed by atoms with Crippen molar-refractivity contribution < 1.29 is 9.90 Å². The van der Waals surface area contributed by atoms with E-state index in [0.29, 0.717) is 16.8 Å². The Hall–Kier alpha value is -2.82. The molecule has 5 heteroatoms. The summed E-state index contributed by atoms with van der Waals surface area (Å²) in [6.07, 6.45) is 1.42. The van der Waals surface area contributed by atoms with Crippen molar-refractivity contribution in [3.63, 3.8) is 0 Å². The molecule has 0 aromatic heterocycles. The lowest BCUT2D eigenvalue weighted by Gasteiger charge is -2.12. The fraction of sp³-hybridized carbons (Fsp3) is 0.0667. The van der Waals surface area contributed by atoms with Crippen molar-refractivity contribution in [2.75, 3.05) is 12.8 Å². The maximum Gasteiger partial charge on any atom is 0.275 e. The van der Waals surface area contributed by atoms with Crippen molar-refractivity contribution in [3.05, 3.63) is 59.7 Å². The lowest BCUT2D eigenvalue weighted by atomic mass is 10.1. The Bertz CT molecular complexity index is 653. The molecule has 0 bridgehead atoms. The largest absolute Gasteiger partial charge is 0.507 e. The maximum atomic E-state index is 12.1. The lowest BCUT2D eigenvalue weighted by Crippen LogP contribution is -2.22. The van der Waals surface area contributed by atoms with Gasteiger partial charge in [0.2, 0.25) is 0 Å². The molecule has 5 nitrogen and oxygen atoms in total. The molecule has 0 heterocycles. The monoisotopic (exact) mass is 269 g/mol. The number of nitrogens with zero attached hydrogens (tertiary/aromatic N) is 2. The van der Waals surface area contributed by atoms with Gasteiger partial charge in [-0.05, 0) is 24.3 Å². The van der Waals surface area contributed by atoms with Crippen LogP contribution in [0.1, 0.15) is 15.9 Å². The van der Waals surface area contributed by atoms with E-state index < -0.39 is 0 Å². The van der Waals surface area contributed by atoms with Crippen molar-refractivity contribution in [1.29, 1.82) is 0 Å². The number of rotatable bonds is 3. The zero-order valence-electron chi connectivity index (χ0n) is 11.0. The van der Waals surface area contributed by atoms with Crippen LogP contribution >= 0.6 is 0 Å². The van der Waals surface area contributed by atoms with Crippen LogP contribution in [0, 0.1) is 0 Å². The first-order valence-electron chi connectivity index (χ1n) is 6.04. The minimum absolute atomic E-state index is 0.108. The molecule has 1 amide bonds. The average molecular weight is 269 g/mol. The topological polar surface area (TPSA) is 78.9 Å². The Labute approximate surface area is 117 Å². The standard InChI is InChI=1S/C15H15N3O2/c1-18(15(20)12-7-3-4-8-13(12)16)17-10-11-6-2-5-9-14(11)19/h2-10,19H,16H2,1H3/b17-10-. The summed E-state index contributed by atoms with van der Waals surface area (Å²) in [6, 6.07) is 13.6. The number of amides is 1. The zero-order chi connectivity index (χ0) is 14.5. The Balaban J connectivity index is 2.17. The first-order chi connectivity index (χ1) is 9.59. The predicted molar refractivity (Wildman–Crippen MR) is 78.6 cm³/mol. The number of hydrogen-bond acceptors (Lipinski definition) is 4. The number of aromatic hydroxyl groups is 1. The van der Waals surface area contributed by atoms with Crippen LogP contribution in [0.3, 0.4) is 0 Å². The fourth-order valence-electron chi connectivity index (χ4n) is 1.66. The first kappa shape index (κ1) is 13.6. The van der Waals surface area contributed by atoms with E-state index in [1.807, 2.05) is 0 Å². The summed E-state index contributed by atoms with van der Waals surface area (Å²) in [4.78, 5) is 12.1. The highest BCUT2D eigenvalue weighted by Gasteiger charge is 2.13. The van der Waals surface area contributed by atoms with Crippen LogP contribution < -0.4 is 5.73 Å². The van der Waals surface area contributed by atoms with Crippen LogP contribution in [0.25, 0.3) is 0 Å². The molecule has 20 heavy (non-hydrogen) atoms. The minimum atomic E-state index is -0.310. The van der Waals surface area contributed by atoms with E-state index in [4.69, 9.17) is 5.73 Å². The molecule has 0 aliphatic carbocycles. The van der Waals surface area contributed by atoms with E-state index >= 15 is 0 Å². The van der Waals surface area contributed by atoms with Crippen molar-refractivity contribution >= 4 is 17.8 Å². The molecule has 0 fully saturated rings. The van der Waals surface area contributed by atoms with E-state index in [9.17, 15) is 9.90 Å². The van der Waals surface area contributed by atoms with Crippen LogP contribution in [0.2, 0.25) is 0 Å². The molecule has 0 atom stereocenters. The van der Waals surface area contributed by atoms with Crippen LogP contribution in [-0.4, -0.2) is 29.3 Å². The van der Waals surface area contributed by atoms with Gasteiger partial charge in [-0.3, -0.25) is 4.79 Å². The third-order valence-corrected chi connectivity index (χ3v) is 2.79. The molecule has 0 saturated carbocycles. The summed E-state index contributed by atoms with van der Waals surface area (Å²) in [5.74, 6) is -0.203. The number of hydrazone groups is 1. The molecule has 102 valence electrons. The second-order valence-electron chi connectivity index (χ2n) is 4.22. The summed E-state index contributed by atoms with van der Waals surface area (Å²) >= 11 is 0. The van der Waals surface area contributed by atoms with Gasteiger partial charge < -0.3 is 10.8 Å². The summed E-state index contributed by atoms with van der Waals surface area (Å²) in [7, 11) is 1.53. The third-order valence-electron chi connectivity index (χ3n) is 2.79. The van der Waals surface area contributed by atoms with Gasteiger partial charge in [-0.25, -0.2) is 5.01 Å². The number of phenols is 1. The number of carbonyl (C=O) groups is 1. The Kier molecular flexibility index (Phi) is 4.00. The minimum Gasteiger partial charge on any atom is -0.507 e. The van der Waals surface area contributed by atoms with Gasteiger partial charge >= 0.3 is 0 Å². The molecule has 0 aliphatic rings. The van der Waals surface area contributed by atoms with Crippen molar-refractivity contribution in [2.24, 2.45) is 5.10 Å². The number of nitrogens with two attached hydrogens (primary N) is 1. The van der Waals surface area contributed by atoms with Gasteiger partial charge in [-0.1, -0.05) is 24.3 Å². The van der Waals surface area contributed by atoms with Gasteiger partial charge in [-0.15, -0.1) is 0 Å². The highest BCUT2D eigenvalue weighted by atomic mass is 16.3. The number of nitrogen functional groups attached to an aromatic ring is 1. The molecule has 2 aromatic carbocycles. The zero-order valence-corrected chi connectivity index (χ0v) is 11.0. The third kappa shape index (κ3) is 2.95. The van der Waals surface area contributed by atoms with Gasteiger partial charge in [0.25, 0.3) is 5.91 Å². The van der Waals surface area contributed by atoms with Crippen molar-refractivity contribution in [2.45, 2.75) is 0 Å². The first-order valence-corrected chi connectivity index (χ1v) is 6.04. The quantitative estimate of drug-likeness (QED) is 0.508. The SMILES string of the molecule is CN(/N=C\c1ccccc1O)C(=O)c1ccccc1N. The normalized spacial score (nSPS) is 10.7. The summed E-state index contributed by atoms with van der Waals surface area (Å²) < 4.78 is 0. The fourth-order valence-corrected chi connectivity index (χ4v) is 1.66. The van der Waals surface area contributed by atoms with Crippen LogP contribution in [-0.2, 0) is 0 Å². The second kappa shape index (κ2) is 5.88. The molecular weight excluding hydrogens is 254 g/mol. The lowest BCUT2D eigenvalue weighted by molar-refractivity contribution is 0.0801. The Morgan fingerprint density at radius 3 is 2.55 bits per heavy atom. The van der Waals surface area contributed by atoms with E-state index in [2.05, 4.69) is 5.10 Å². The molecule has 0 spiro atoms. The molecule has 0 aliphatic heterocycles. The molecule has 0 unspecified atom stereocenters. The molecular formula is C15H15N3O2. The molecule has 0 saturated heterocycles. The van der Waals surface area contributed by atoms with Gasteiger partial charge in [-0.2, -0.15) is 5.10 Å². The second-order valence-corrected chi connectivity index (χ2v) is 4.22. The van der Waals surface area contributed by atoms with Gasteiger partial charge in [0.15, 0.2) is 0 Å².